The molecule has 1 rings (SSSR count). The molecule has 55 heavy (non-hydrogen) atoms. The van der Waals surface area contributed by atoms with Gasteiger partial charge in [0.05, 0.1) is 6.61 Å². The molecule has 13 nitrogen and oxygen atoms in total. The zero-order valence-electron chi connectivity index (χ0n) is 33.7. The Balaban J connectivity index is 2.40. The van der Waals surface area contributed by atoms with Gasteiger partial charge in [-0.2, -0.15) is 0 Å². The van der Waals surface area contributed by atoms with Crippen molar-refractivity contribution in [1.82, 2.24) is 0 Å². The summed E-state index contributed by atoms with van der Waals surface area (Å²) in [4.78, 5) is 35.4. The molecule has 1 fully saturated rings. The fourth-order valence-corrected chi connectivity index (χ4v) is 7.29. The van der Waals surface area contributed by atoms with Gasteiger partial charge >= 0.3 is 19.8 Å². The van der Waals surface area contributed by atoms with E-state index in [4.69, 9.17) is 18.5 Å². The average Bonchev–Trinajstić information content (AvgIpc) is 3.16. The van der Waals surface area contributed by atoms with Gasteiger partial charge in [0.15, 0.2) is 6.10 Å². The lowest BCUT2D eigenvalue weighted by Crippen LogP contribution is -2.64. The number of unbranched alkanes of at least 4 members (excludes halogenated alkanes) is 18. The number of phosphoric ester groups is 1. The largest absolute Gasteiger partial charge is 0.472 e. The van der Waals surface area contributed by atoms with Crippen LogP contribution in [0.2, 0.25) is 0 Å². The van der Waals surface area contributed by atoms with E-state index in [0.29, 0.717) is 12.8 Å². The van der Waals surface area contributed by atoms with Crippen LogP contribution < -0.4 is 0 Å². The predicted molar refractivity (Wildman–Crippen MR) is 212 cm³/mol. The molecule has 0 aromatic heterocycles. The topological polar surface area (TPSA) is 210 Å². The van der Waals surface area contributed by atoms with E-state index in [9.17, 15) is 44.6 Å². The molecule has 1 aliphatic rings. The van der Waals surface area contributed by atoms with Crippen LogP contribution in [0.4, 0.5) is 0 Å². The molecular weight excluding hydrogens is 731 g/mol. The molecule has 1 aliphatic carbocycles. The van der Waals surface area contributed by atoms with Crippen molar-refractivity contribution in [1.29, 1.82) is 0 Å². The molecule has 1 saturated carbocycles. The van der Waals surface area contributed by atoms with Gasteiger partial charge in [-0.25, -0.2) is 4.57 Å². The highest BCUT2D eigenvalue weighted by molar-refractivity contribution is 7.47. The van der Waals surface area contributed by atoms with Crippen LogP contribution in [-0.4, -0.2) is 98.3 Å². The predicted octanol–water partition coefficient (Wildman–Crippen LogP) is 7.28. The van der Waals surface area contributed by atoms with Crippen LogP contribution >= 0.6 is 7.82 Å². The second-order valence-corrected chi connectivity index (χ2v) is 16.3. The Morgan fingerprint density at radius 1 is 0.564 bits per heavy atom. The number of hydrogen-bond donors (Lipinski definition) is 6. The summed E-state index contributed by atoms with van der Waals surface area (Å²) >= 11 is 0. The van der Waals surface area contributed by atoms with Crippen LogP contribution in [0.1, 0.15) is 168 Å². The van der Waals surface area contributed by atoms with Gasteiger partial charge in [-0.05, 0) is 44.9 Å². The van der Waals surface area contributed by atoms with E-state index in [-0.39, 0.29) is 12.8 Å². The van der Waals surface area contributed by atoms with Gasteiger partial charge in [-0.3, -0.25) is 18.6 Å². The molecule has 6 N–H and O–H groups in total. The molecule has 0 aromatic rings. The zero-order chi connectivity index (χ0) is 40.7. The standard InChI is InChI=1S/C41H75O13P/c1-3-5-7-9-11-12-13-14-15-16-17-18-19-20-21-22-24-25-27-29-34(42)51-31-33(53-35(43)30-28-26-23-10-8-6-4-2)32-52-55(49,50)54-41-39(47)37(45)36(44)38(46)40(41)48/h11-12,14-15,33,36-41,44-48H,3-10,13,16-32H2,1-2H3,(H,49,50)/b12-11+,15-14+/t33-,36?,37-,38?,39?,40?,41?/m0/s1. The lowest BCUT2D eigenvalue weighted by molar-refractivity contribution is -0.220. The number of carbonyl (C=O) groups excluding carboxylic acids is 2. The molecule has 0 amide bonds. The molecule has 6 unspecified atom stereocenters. The molecule has 0 spiro atoms. The minimum absolute atomic E-state index is 0.0960. The summed E-state index contributed by atoms with van der Waals surface area (Å²) in [6.45, 7) is 3.19. The van der Waals surface area contributed by atoms with Gasteiger partial charge < -0.3 is 39.9 Å². The first-order chi connectivity index (χ1) is 26.4. The molecule has 0 aromatic carbocycles. The lowest BCUT2D eigenvalue weighted by atomic mass is 9.85. The van der Waals surface area contributed by atoms with Crippen molar-refractivity contribution in [3.8, 4) is 0 Å². The Labute approximate surface area is 330 Å². The summed E-state index contributed by atoms with van der Waals surface area (Å²) in [6, 6.07) is 0. The average molecular weight is 807 g/mol. The first-order valence-corrected chi connectivity index (χ1v) is 22.6. The van der Waals surface area contributed by atoms with Gasteiger partial charge in [0.25, 0.3) is 0 Å². The third-order valence-electron chi connectivity index (χ3n) is 9.80. The molecule has 0 bridgehead atoms. The van der Waals surface area contributed by atoms with Gasteiger partial charge in [0, 0.05) is 12.8 Å². The number of aliphatic hydroxyl groups is 5. The van der Waals surface area contributed by atoms with Crippen LogP contribution in [0.5, 0.6) is 0 Å². The number of rotatable bonds is 34. The maximum absolute atomic E-state index is 12.7. The fraction of sp³-hybridized carbons (Fsp3) is 0.854. The SMILES string of the molecule is CCCCC/C=C/C/C=C/CCCCCCCCCCCC(=O)OC[C@@H](COP(=O)(O)OC1C(O)C(O)C(O)[C@H](O)C1O)OC(=O)CCCCCCCCC. The summed E-state index contributed by atoms with van der Waals surface area (Å²) in [6.07, 6.45) is 19.9. The van der Waals surface area contributed by atoms with E-state index < -0.39 is 75.7 Å². The van der Waals surface area contributed by atoms with Crippen LogP contribution in [-0.2, 0) is 32.7 Å². The Bertz CT molecular complexity index is 1070. The molecule has 0 saturated heterocycles. The first kappa shape index (κ1) is 51.3. The minimum atomic E-state index is -5.10. The lowest BCUT2D eigenvalue weighted by Gasteiger charge is -2.41. The summed E-state index contributed by atoms with van der Waals surface area (Å²) < 4.78 is 33.3. The summed E-state index contributed by atoms with van der Waals surface area (Å²) in [5.74, 6) is -1.11. The van der Waals surface area contributed by atoms with Crippen molar-refractivity contribution < 1.29 is 63.1 Å². The van der Waals surface area contributed by atoms with Gasteiger partial charge in [0.2, 0.25) is 0 Å². The minimum Gasteiger partial charge on any atom is -0.462 e. The Hall–Kier alpha value is -1.67. The van der Waals surface area contributed by atoms with E-state index >= 15 is 0 Å². The number of phosphoric acid groups is 1. The van der Waals surface area contributed by atoms with Gasteiger partial charge in [-0.15, -0.1) is 0 Å². The third kappa shape index (κ3) is 25.3. The van der Waals surface area contributed by atoms with Crippen LogP contribution in [0.3, 0.4) is 0 Å². The second kappa shape index (κ2) is 32.3. The molecular formula is C41H75O13P. The highest BCUT2D eigenvalue weighted by atomic mass is 31.2. The number of hydrogen-bond acceptors (Lipinski definition) is 12. The monoisotopic (exact) mass is 806 g/mol. The van der Waals surface area contributed by atoms with E-state index in [1.54, 1.807) is 0 Å². The maximum Gasteiger partial charge on any atom is 0.472 e. The first-order valence-electron chi connectivity index (χ1n) is 21.1. The Kier molecular flexibility index (Phi) is 30.2. The Morgan fingerprint density at radius 3 is 1.51 bits per heavy atom. The number of carbonyl (C=O) groups is 2. The number of esters is 2. The van der Waals surface area contributed by atoms with E-state index in [1.165, 1.54) is 57.8 Å². The quantitative estimate of drug-likeness (QED) is 0.0164. The second-order valence-electron chi connectivity index (χ2n) is 14.8. The van der Waals surface area contributed by atoms with Crippen molar-refractivity contribution in [2.24, 2.45) is 0 Å². The number of ether oxygens (including phenoxy) is 2. The molecule has 14 heteroatoms. The van der Waals surface area contributed by atoms with Gasteiger partial charge in [0.1, 0.15) is 43.2 Å². The summed E-state index contributed by atoms with van der Waals surface area (Å²) in [5, 5.41) is 49.9. The number of aliphatic hydroxyl groups excluding tert-OH is 5. The normalized spacial score (nSPS) is 23.3. The molecule has 0 aliphatic heterocycles. The summed E-state index contributed by atoms with van der Waals surface area (Å²) in [5.41, 5.74) is 0. The van der Waals surface area contributed by atoms with Gasteiger partial charge in [-0.1, -0.05) is 134 Å². The number of allylic oxidation sites excluding steroid dienone is 4. The van der Waals surface area contributed by atoms with Crippen molar-refractivity contribution in [2.75, 3.05) is 13.2 Å². The zero-order valence-corrected chi connectivity index (χ0v) is 34.6. The molecule has 0 heterocycles. The van der Waals surface area contributed by atoms with E-state index in [1.807, 2.05) is 0 Å². The van der Waals surface area contributed by atoms with E-state index in [0.717, 1.165) is 70.6 Å². The smallest absolute Gasteiger partial charge is 0.462 e. The molecule has 322 valence electrons. The molecule has 8 atom stereocenters. The highest BCUT2D eigenvalue weighted by Gasteiger charge is 2.51. The maximum atomic E-state index is 12.7. The third-order valence-corrected chi connectivity index (χ3v) is 10.8. The van der Waals surface area contributed by atoms with Crippen molar-refractivity contribution >= 4 is 19.8 Å². The van der Waals surface area contributed by atoms with Crippen LogP contribution in [0.15, 0.2) is 24.3 Å². The van der Waals surface area contributed by atoms with Crippen LogP contribution in [0, 0.1) is 0 Å². The van der Waals surface area contributed by atoms with Crippen molar-refractivity contribution in [2.45, 2.75) is 211 Å². The Morgan fingerprint density at radius 2 is 0.982 bits per heavy atom. The summed E-state index contributed by atoms with van der Waals surface area (Å²) in [7, 11) is -5.10. The van der Waals surface area contributed by atoms with Crippen LogP contribution in [0.25, 0.3) is 0 Å². The highest BCUT2D eigenvalue weighted by Crippen LogP contribution is 2.47. The van der Waals surface area contributed by atoms with Crippen molar-refractivity contribution in [3.05, 3.63) is 24.3 Å². The fourth-order valence-electron chi connectivity index (χ4n) is 6.32. The van der Waals surface area contributed by atoms with Crippen molar-refractivity contribution in [3.63, 3.8) is 0 Å². The van der Waals surface area contributed by atoms with E-state index in [2.05, 4.69) is 38.2 Å². The molecule has 0 radical (unpaired) electrons.